The van der Waals surface area contributed by atoms with Gasteiger partial charge in [-0.1, -0.05) is 12.1 Å². The highest BCUT2D eigenvalue weighted by Crippen LogP contribution is 2.17. The van der Waals surface area contributed by atoms with Crippen LogP contribution in [0.3, 0.4) is 0 Å². The molecule has 0 radical (unpaired) electrons. The van der Waals surface area contributed by atoms with Gasteiger partial charge < -0.3 is 10.5 Å². The van der Waals surface area contributed by atoms with Crippen LogP contribution in [0.15, 0.2) is 42.5 Å². The van der Waals surface area contributed by atoms with Crippen LogP contribution in [-0.2, 0) is 6.61 Å². The molecule has 0 saturated heterocycles. The first-order valence-electron chi connectivity index (χ1n) is 5.84. The van der Waals surface area contributed by atoms with Crippen molar-refractivity contribution in [3.8, 4) is 5.75 Å². The lowest BCUT2D eigenvalue weighted by Gasteiger charge is -2.07. The van der Waals surface area contributed by atoms with Crippen molar-refractivity contribution in [1.82, 2.24) is 0 Å². The van der Waals surface area contributed by atoms with E-state index in [1.54, 1.807) is 43.3 Å². The van der Waals surface area contributed by atoms with Gasteiger partial charge >= 0.3 is 0 Å². The van der Waals surface area contributed by atoms with E-state index in [1.807, 2.05) is 0 Å². The molecule has 0 aliphatic heterocycles. The van der Waals surface area contributed by atoms with Gasteiger partial charge in [-0.2, -0.15) is 0 Å². The fraction of sp³-hybridized carbons (Fsp3) is 0.133. The standard InChI is InChI=1S/C15H14FNO2/c1-10-8-13(6-7-14(10)16)19-9-11-2-4-12(5-3-11)15(17)18/h2-8H,9H2,1H3,(H2,17,18). The van der Waals surface area contributed by atoms with Gasteiger partial charge in [0.05, 0.1) is 0 Å². The molecule has 0 fully saturated rings. The molecule has 3 nitrogen and oxygen atoms in total. The third-order valence-corrected chi connectivity index (χ3v) is 2.77. The van der Waals surface area contributed by atoms with Crippen LogP contribution in [0, 0.1) is 12.7 Å². The summed E-state index contributed by atoms with van der Waals surface area (Å²) in [6.07, 6.45) is 0. The minimum atomic E-state index is -0.457. The average Bonchev–Trinajstić information content (AvgIpc) is 2.40. The molecule has 19 heavy (non-hydrogen) atoms. The van der Waals surface area contributed by atoms with E-state index < -0.39 is 5.91 Å². The van der Waals surface area contributed by atoms with Crippen LogP contribution in [0.5, 0.6) is 5.75 Å². The van der Waals surface area contributed by atoms with E-state index in [4.69, 9.17) is 10.5 Å². The summed E-state index contributed by atoms with van der Waals surface area (Å²) in [6.45, 7) is 2.04. The predicted octanol–water partition coefficient (Wildman–Crippen LogP) is 2.81. The molecule has 2 rings (SSSR count). The number of hydrogen-bond donors (Lipinski definition) is 1. The summed E-state index contributed by atoms with van der Waals surface area (Å²) < 4.78 is 18.6. The molecule has 0 aliphatic carbocycles. The number of benzene rings is 2. The number of halogens is 1. The van der Waals surface area contributed by atoms with Crippen molar-refractivity contribution in [2.75, 3.05) is 0 Å². The van der Waals surface area contributed by atoms with Gasteiger partial charge in [0.15, 0.2) is 0 Å². The molecule has 1 amide bonds. The molecule has 0 heterocycles. The SMILES string of the molecule is Cc1cc(OCc2ccc(C(N)=O)cc2)ccc1F. The summed E-state index contributed by atoms with van der Waals surface area (Å²) in [5.74, 6) is -0.0994. The lowest BCUT2D eigenvalue weighted by atomic mass is 10.1. The van der Waals surface area contributed by atoms with E-state index in [2.05, 4.69) is 0 Å². The number of primary amides is 1. The Hall–Kier alpha value is -2.36. The smallest absolute Gasteiger partial charge is 0.248 e. The average molecular weight is 259 g/mol. The van der Waals surface area contributed by atoms with Gasteiger partial charge in [-0.3, -0.25) is 4.79 Å². The second-order valence-corrected chi connectivity index (χ2v) is 4.26. The van der Waals surface area contributed by atoms with Crippen LogP contribution in [0.25, 0.3) is 0 Å². The number of amides is 1. The predicted molar refractivity (Wildman–Crippen MR) is 70.4 cm³/mol. The topological polar surface area (TPSA) is 52.3 Å². The Labute approximate surface area is 110 Å². The Kier molecular flexibility index (Phi) is 3.80. The van der Waals surface area contributed by atoms with Gasteiger partial charge in [0.1, 0.15) is 18.2 Å². The summed E-state index contributed by atoms with van der Waals surface area (Å²) in [5.41, 5.74) is 7.07. The van der Waals surface area contributed by atoms with Gasteiger partial charge in [-0.25, -0.2) is 4.39 Å². The molecule has 0 saturated carbocycles. The summed E-state index contributed by atoms with van der Waals surface area (Å²) in [7, 11) is 0. The molecular weight excluding hydrogens is 245 g/mol. The minimum absolute atomic E-state index is 0.252. The summed E-state index contributed by atoms with van der Waals surface area (Å²) in [5, 5.41) is 0. The van der Waals surface area contributed by atoms with E-state index >= 15 is 0 Å². The zero-order valence-electron chi connectivity index (χ0n) is 10.5. The van der Waals surface area contributed by atoms with Gasteiger partial charge in [0.2, 0.25) is 5.91 Å². The lowest BCUT2D eigenvalue weighted by Crippen LogP contribution is -2.10. The molecule has 0 aromatic heterocycles. The zero-order valence-corrected chi connectivity index (χ0v) is 10.5. The third-order valence-electron chi connectivity index (χ3n) is 2.77. The van der Waals surface area contributed by atoms with E-state index in [0.717, 1.165) is 5.56 Å². The molecule has 0 aliphatic rings. The molecule has 4 heteroatoms. The number of hydrogen-bond acceptors (Lipinski definition) is 2. The molecule has 0 atom stereocenters. The van der Waals surface area contributed by atoms with E-state index in [-0.39, 0.29) is 5.82 Å². The first kappa shape index (κ1) is 13.1. The Bertz CT molecular complexity index is 594. The van der Waals surface area contributed by atoms with Crippen molar-refractivity contribution in [2.24, 2.45) is 5.73 Å². The van der Waals surface area contributed by atoms with Crippen LogP contribution < -0.4 is 10.5 Å². The maximum absolute atomic E-state index is 13.1. The van der Waals surface area contributed by atoms with E-state index in [9.17, 15) is 9.18 Å². The highest BCUT2D eigenvalue weighted by molar-refractivity contribution is 5.92. The fourth-order valence-corrected chi connectivity index (χ4v) is 1.64. The number of carbonyl (C=O) groups excluding carboxylic acids is 1. The first-order valence-corrected chi connectivity index (χ1v) is 5.84. The Morgan fingerprint density at radius 1 is 1.21 bits per heavy atom. The monoisotopic (exact) mass is 259 g/mol. The normalized spacial score (nSPS) is 10.2. The molecule has 0 unspecified atom stereocenters. The Balaban J connectivity index is 2.01. The zero-order chi connectivity index (χ0) is 13.8. The first-order chi connectivity index (χ1) is 9.06. The number of carbonyl (C=O) groups is 1. The summed E-state index contributed by atoms with van der Waals surface area (Å²) >= 11 is 0. The molecule has 2 aromatic rings. The molecule has 2 N–H and O–H groups in total. The van der Waals surface area contributed by atoms with Gasteiger partial charge in [0.25, 0.3) is 0 Å². The van der Waals surface area contributed by atoms with Crippen molar-refractivity contribution in [3.05, 3.63) is 65.0 Å². The van der Waals surface area contributed by atoms with E-state index in [0.29, 0.717) is 23.5 Å². The molecule has 2 aromatic carbocycles. The van der Waals surface area contributed by atoms with Crippen LogP contribution in [0.4, 0.5) is 4.39 Å². The van der Waals surface area contributed by atoms with Crippen molar-refractivity contribution < 1.29 is 13.9 Å². The van der Waals surface area contributed by atoms with Crippen molar-refractivity contribution >= 4 is 5.91 Å². The van der Waals surface area contributed by atoms with Crippen molar-refractivity contribution in [3.63, 3.8) is 0 Å². The van der Waals surface area contributed by atoms with Crippen LogP contribution >= 0.6 is 0 Å². The van der Waals surface area contributed by atoms with Gasteiger partial charge in [0, 0.05) is 5.56 Å². The largest absolute Gasteiger partial charge is 0.489 e. The summed E-state index contributed by atoms with van der Waals surface area (Å²) in [4.78, 5) is 10.9. The fourth-order valence-electron chi connectivity index (χ4n) is 1.64. The molecular formula is C15H14FNO2. The number of nitrogens with two attached hydrogens (primary N) is 1. The van der Waals surface area contributed by atoms with Gasteiger partial charge in [-0.05, 0) is 48.4 Å². The Morgan fingerprint density at radius 3 is 2.47 bits per heavy atom. The van der Waals surface area contributed by atoms with Crippen LogP contribution in [-0.4, -0.2) is 5.91 Å². The minimum Gasteiger partial charge on any atom is -0.489 e. The lowest BCUT2D eigenvalue weighted by molar-refractivity contribution is 0.1000. The number of rotatable bonds is 4. The van der Waals surface area contributed by atoms with Crippen molar-refractivity contribution in [2.45, 2.75) is 13.5 Å². The maximum atomic E-state index is 13.1. The number of ether oxygens (including phenoxy) is 1. The maximum Gasteiger partial charge on any atom is 0.248 e. The van der Waals surface area contributed by atoms with Crippen molar-refractivity contribution in [1.29, 1.82) is 0 Å². The second-order valence-electron chi connectivity index (χ2n) is 4.26. The third kappa shape index (κ3) is 3.31. The second kappa shape index (κ2) is 5.52. The van der Waals surface area contributed by atoms with Gasteiger partial charge in [-0.15, -0.1) is 0 Å². The van der Waals surface area contributed by atoms with Crippen LogP contribution in [0.1, 0.15) is 21.5 Å². The van der Waals surface area contributed by atoms with E-state index in [1.165, 1.54) is 6.07 Å². The summed E-state index contributed by atoms with van der Waals surface area (Å²) in [6, 6.07) is 11.5. The molecule has 98 valence electrons. The number of aryl methyl sites for hydroxylation is 1. The highest BCUT2D eigenvalue weighted by atomic mass is 19.1. The quantitative estimate of drug-likeness (QED) is 0.917. The highest BCUT2D eigenvalue weighted by Gasteiger charge is 2.02. The molecule has 0 spiro atoms. The molecule has 0 bridgehead atoms. The van der Waals surface area contributed by atoms with Crippen LogP contribution in [0.2, 0.25) is 0 Å². The Morgan fingerprint density at radius 2 is 1.89 bits per heavy atom.